The zero-order valence-electron chi connectivity index (χ0n) is 8.92. The minimum atomic E-state index is -0.816. The van der Waals surface area contributed by atoms with Crippen LogP contribution in [0.5, 0.6) is 0 Å². The maximum absolute atomic E-state index is 10.8. The maximum Gasteiger partial charge on any atom is 0.320 e. The average molecular weight is 212 g/mol. The Morgan fingerprint density at radius 2 is 2.33 bits per heavy atom. The molecule has 1 heterocycles. The fourth-order valence-electron chi connectivity index (χ4n) is 1.29. The molecule has 84 valence electrons. The topological polar surface area (TPSA) is 80.0 Å². The van der Waals surface area contributed by atoms with E-state index in [-0.39, 0.29) is 5.92 Å². The second-order valence-corrected chi connectivity index (χ2v) is 3.68. The third kappa shape index (κ3) is 3.67. The molecule has 0 aliphatic carbocycles. The van der Waals surface area contributed by atoms with E-state index in [0.717, 1.165) is 0 Å². The van der Waals surface area contributed by atoms with Gasteiger partial charge in [-0.05, 0) is 5.92 Å². The Labute approximate surface area is 88.3 Å². The standard InChI is InChI=1S/C9H16N4O2/c1-7(2)8(9(14)15)10-3-5-13-6-4-11-12-13/h4,6-8,10H,3,5H2,1-2H3,(H,14,15). The van der Waals surface area contributed by atoms with E-state index in [2.05, 4.69) is 15.6 Å². The van der Waals surface area contributed by atoms with Gasteiger partial charge < -0.3 is 10.4 Å². The van der Waals surface area contributed by atoms with Crippen LogP contribution >= 0.6 is 0 Å². The van der Waals surface area contributed by atoms with Crippen molar-refractivity contribution < 1.29 is 9.90 Å². The smallest absolute Gasteiger partial charge is 0.320 e. The van der Waals surface area contributed by atoms with Crippen LogP contribution in [0.4, 0.5) is 0 Å². The van der Waals surface area contributed by atoms with Gasteiger partial charge >= 0.3 is 5.97 Å². The lowest BCUT2D eigenvalue weighted by Crippen LogP contribution is -2.42. The minimum Gasteiger partial charge on any atom is -0.480 e. The van der Waals surface area contributed by atoms with E-state index in [1.807, 2.05) is 13.8 Å². The van der Waals surface area contributed by atoms with Crippen LogP contribution in [0.1, 0.15) is 13.8 Å². The summed E-state index contributed by atoms with van der Waals surface area (Å²) < 4.78 is 1.66. The van der Waals surface area contributed by atoms with Crippen molar-refractivity contribution in [3.05, 3.63) is 12.4 Å². The summed E-state index contributed by atoms with van der Waals surface area (Å²) in [4.78, 5) is 10.8. The Balaban J connectivity index is 2.31. The Morgan fingerprint density at radius 1 is 1.60 bits per heavy atom. The normalized spacial score (nSPS) is 13.0. The number of nitrogens with zero attached hydrogens (tertiary/aromatic N) is 3. The number of aliphatic carboxylic acids is 1. The number of hydrogen-bond donors (Lipinski definition) is 2. The van der Waals surface area contributed by atoms with Gasteiger partial charge in [0.2, 0.25) is 0 Å². The highest BCUT2D eigenvalue weighted by atomic mass is 16.4. The lowest BCUT2D eigenvalue weighted by molar-refractivity contribution is -0.140. The minimum absolute atomic E-state index is 0.0678. The highest BCUT2D eigenvalue weighted by Crippen LogP contribution is 2.00. The maximum atomic E-state index is 10.8. The molecule has 0 spiro atoms. The monoisotopic (exact) mass is 212 g/mol. The van der Waals surface area contributed by atoms with Gasteiger partial charge in [0.15, 0.2) is 0 Å². The third-order valence-electron chi connectivity index (χ3n) is 2.11. The molecule has 1 aromatic rings. The summed E-state index contributed by atoms with van der Waals surface area (Å²) in [5.41, 5.74) is 0. The van der Waals surface area contributed by atoms with Crippen molar-refractivity contribution in [2.24, 2.45) is 5.92 Å². The van der Waals surface area contributed by atoms with Crippen molar-refractivity contribution in [3.8, 4) is 0 Å². The first-order valence-electron chi connectivity index (χ1n) is 4.91. The molecule has 1 rings (SSSR count). The van der Waals surface area contributed by atoms with Crippen LogP contribution in [0, 0.1) is 5.92 Å². The number of aromatic nitrogens is 3. The molecule has 1 atom stereocenters. The molecule has 15 heavy (non-hydrogen) atoms. The first kappa shape index (κ1) is 11.6. The van der Waals surface area contributed by atoms with Crippen molar-refractivity contribution in [3.63, 3.8) is 0 Å². The van der Waals surface area contributed by atoms with Gasteiger partial charge in [-0.25, -0.2) is 0 Å². The van der Waals surface area contributed by atoms with Gasteiger partial charge in [-0.2, -0.15) is 0 Å². The van der Waals surface area contributed by atoms with E-state index in [9.17, 15) is 4.79 Å². The van der Waals surface area contributed by atoms with Crippen molar-refractivity contribution in [1.82, 2.24) is 20.3 Å². The highest BCUT2D eigenvalue weighted by Gasteiger charge is 2.19. The third-order valence-corrected chi connectivity index (χ3v) is 2.11. The molecule has 0 aromatic carbocycles. The van der Waals surface area contributed by atoms with E-state index in [0.29, 0.717) is 13.1 Å². The average Bonchev–Trinajstić information content (AvgIpc) is 2.63. The summed E-state index contributed by atoms with van der Waals surface area (Å²) in [6.07, 6.45) is 3.34. The van der Waals surface area contributed by atoms with E-state index in [1.54, 1.807) is 17.1 Å². The van der Waals surface area contributed by atoms with Gasteiger partial charge in [-0.3, -0.25) is 9.48 Å². The van der Waals surface area contributed by atoms with E-state index in [4.69, 9.17) is 5.11 Å². The molecule has 0 bridgehead atoms. The Hall–Kier alpha value is -1.43. The second-order valence-electron chi connectivity index (χ2n) is 3.68. The molecule has 0 saturated heterocycles. The predicted molar refractivity (Wildman–Crippen MR) is 54.3 cm³/mol. The van der Waals surface area contributed by atoms with Gasteiger partial charge in [0.25, 0.3) is 0 Å². The summed E-state index contributed by atoms with van der Waals surface area (Å²) in [5, 5.41) is 19.3. The van der Waals surface area contributed by atoms with Crippen LogP contribution < -0.4 is 5.32 Å². The quantitative estimate of drug-likeness (QED) is 0.692. The van der Waals surface area contributed by atoms with E-state index >= 15 is 0 Å². The van der Waals surface area contributed by atoms with E-state index in [1.165, 1.54) is 0 Å². The Morgan fingerprint density at radius 3 is 2.80 bits per heavy atom. The molecule has 0 fully saturated rings. The first-order valence-corrected chi connectivity index (χ1v) is 4.91. The van der Waals surface area contributed by atoms with Crippen molar-refractivity contribution in [1.29, 1.82) is 0 Å². The van der Waals surface area contributed by atoms with Crippen LogP contribution in [-0.4, -0.2) is 38.7 Å². The van der Waals surface area contributed by atoms with Gasteiger partial charge in [0.1, 0.15) is 6.04 Å². The van der Waals surface area contributed by atoms with Gasteiger partial charge in [-0.15, -0.1) is 5.10 Å². The summed E-state index contributed by atoms with van der Waals surface area (Å²) >= 11 is 0. The molecule has 0 saturated carbocycles. The van der Waals surface area contributed by atoms with E-state index < -0.39 is 12.0 Å². The zero-order valence-corrected chi connectivity index (χ0v) is 8.92. The van der Waals surface area contributed by atoms with Gasteiger partial charge in [0.05, 0.1) is 12.7 Å². The molecular weight excluding hydrogens is 196 g/mol. The van der Waals surface area contributed by atoms with Gasteiger partial charge in [0, 0.05) is 12.7 Å². The SMILES string of the molecule is CC(C)C(NCCn1ccnn1)C(=O)O. The molecule has 1 unspecified atom stereocenters. The number of hydrogen-bond acceptors (Lipinski definition) is 4. The molecule has 6 nitrogen and oxygen atoms in total. The van der Waals surface area contributed by atoms with Crippen LogP contribution in [0.25, 0.3) is 0 Å². The molecule has 0 aliphatic rings. The summed E-state index contributed by atoms with van der Waals surface area (Å²) in [6.45, 7) is 4.94. The second kappa shape index (κ2) is 5.45. The number of carbonyl (C=O) groups is 1. The first-order chi connectivity index (χ1) is 7.11. The lowest BCUT2D eigenvalue weighted by atomic mass is 10.1. The van der Waals surface area contributed by atoms with Crippen LogP contribution in [0.3, 0.4) is 0 Å². The summed E-state index contributed by atoms with van der Waals surface area (Å²) in [6, 6.07) is -0.506. The number of nitrogens with one attached hydrogen (secondary N) is 1. The Bertz CT molecular complexity index is 297. The van der Waals surface area contributed by atoms with Crippen molar-refractivity contribution in [2.45, 2.75) is 26.4 Å². The van der Waals surface area contributed by atoms with Gasteiger partial charge in [-0.1, -0.05) is 19.1 Å². The zero-order chi connectivity index (χ0) is 11.3. The van der Waals surface area contributed by atoms with Crippen LogP contribution in [0.15, 0.2) is 12.4 Å². The molecule has 0 radical (unpaired) electrons. The van der Waals surface area contributed by atoms with Crippen LogP contribution in [0.2, 0.25) is 0 Å². The molecule has 6 heteroatoms. The van der Waals surface area contributed by atoms with Crippen molar-refractivity contribution in [2.75, 3.05) is 6.54 Å². The highest BCUT2D eigenvalue weighted by molar-refractivity contribution is 5.73. The molecule has 2 N–H and O–H groups in total. The largest absolute Gasteiger partial charge is 0.480 e. The van der Waals surface area contributed by atoms with Crippen LogP contribution in [-0.2, 0) is 11.3 Å². The molecular formula is C9H16N4O2. The lowest BCUT2D eigenvalue weighted by Gasteiger charge is -2.17. The molecule has 0 aliphatic heterocycles. The number of carboxylic acids is 1. The summed E-state index contributed by atoms with van der Waals surface area (Å²) in [7, 11) is 0. The fraction of sp³-hybridized carbons (Fsp3) is 0.667. The van der Waals surface area contributed by atoms with Crippen molar-refractivity contribution >= 4 is 5.97 Å². The summed E-state index contributed by atoms with van der Waals surface area (Å²) in [5.74, 6) is -0.748. The Kier molecular flexibility index (Phi) is 4.23. The number of rotatable bonds is 6. The number of carboxylic acid groups (broad SMARTS) is 1. The molecule has 1 aromatic heterocycles. The predicted octanol–water partition coefficient (Wildman–Crippen LogP) is -0.0231. The fourth-order valence-corrected chi connectivity index (χ4v) is 1.29. The molecule has 0 amide bonds.